The maximum absolute atomic E-state index is 11.0. The number of rotatable bonds is 2. The number of esters is 1. The molecule has 0 aliphatic rings. The number of carbonyl (C=O) groups excluding carboxylic acids is 1. The van der Waals surface area contributed by atoms with Gasteiger partial charge in [0.15, 0.2) is 6.61 Å². The molecule has 12 heavy (non-hydrogen) atoms. The predicted molar refractivity (Wildman–Crippen MR) is 41.1 cm³/mol. The Morgan fingerprint density at radius 2 is 2.25 bits per heavy atom. The third-order valence-corrected chi connectivity index (χ3v) is 1.08. The highest BCUT2D eigenvalue weighted by Gasteiger charge is 2.04. The molecule has 0 aromatic carbocycles. The summed E-state index contributed by atoms with van der Waals surface area (Å²) in [4.78, 5) is 18.3. The highest BCUT2D eigenvalue weighted by molar-refractivity contribution is 5.88. The van der Waals surface area contributed by atoms with Gasteiger partial charge < -0.3 is 4.74 Å². The van der Waals surface area contributed by atoms with Gasteiger partial charge in [0.05, 0.1) is 5.56 Å². The number of aromatic nitrogens is 2. The zero-order chi connectivity index (χ0) is 8.81. The van der Waals surface area contributed by atoms with Gasteiger partial charge in [-0.25, -0.2) is 14.8 Å². The second kappa shape index (κ2) is 4.09. The van der Waals surface area contributed by atoms with Crippen LogP contribution in [0.25, 0.3) is 0 Å². The Morgan fingerprint density at radius 1 is 1.58 bits per heavy atom. The summed E-state index contributed by atoms with van der Waals surface area (Å²) in [7, 11) is 0. The maximum atomic E-state index is 11.0. The van der Waals surface area contributed by atoms with Crippen LogP contribution in [0.5, 0.6) is 0 Å². The van der Waals surface area contributed by atoms with Crippen LogP contribution in [0.1, 0.15) is 10.4 Å². The van der Waals surface area contributed by atoms with Gasteiger partial charge in [0, 0.05) is 12.4 Å². The van der Waals surface area contributed by atoms with Crippen molar-refractivity contribution in [3.63, 3.8) is 0 Å². The van der Waals surface area contributed by atoms with E-state index in [9.17, 15) is 4.79 Å². The van der Waals surface area contributed by atoms with E-state index >= 15 is 0 Å². The van der Waals surface area contributed by atoms with Crippen molar-refractivity contribution in [3.8, 4) is 12.3 Å². The van der Waals surface area contributed by atoms with Crippen LogP contribution < -0.4 is 0 Å². The lowest BCUT2D eigenvalue weighted by molar-refractivity contribution is 0.0556. The molecule has 0 fully saturated rings. The van der Waals surface area contributed by atoms with Gasteiger partial charge in [0.25, 0.3) is 0 Å². The standard InChI is InChI=1S/C8H6N2O2/c1-2-3-12-8(11)7-4-9-6-10-5-7/h1,4-6H,3H2. The van der Waals surface area contributed by atoms with Gasteiger partial charge in [-0.3, -0.25) is 0 Å². The van der Waals surface area contributed by atoms with Crippen LogP contribution in [0.15, 0.2) is 18.7 Å². The number of nitrogens with zero attached hydrogens (tertiary/aromatic N) is 2. The molecule has 0 atom stereocenters. The number of terminal acetylenes is 1. The topological polar surface area (TPSA) is 52.1 Å². The fourth-order valence-corrected chi connectivity index (χ4v) is 0.595. The van der Waals surface area contributed by atoms with Crippen LogP contribution in [0.2, 0.25) is 0 Å². The average Bonchev–Trinajstić information content (AvgIpc) is 2.15. The molecule has 0 N–H and O–H groups in total. The minimum absolute atomic E-state index is 0.0340. The molecule has 60 valence electrons. The van der Waals surface area contributed by atoms with Crippen molar-refractivity contribution in [3.05, 3.63) is 24.3 Å². The zero-order valence-corrected chi connectivity index (χ0v) is 6.23. The Balaban J connectivity index is 2.61. The lowest BCUT2D eigenvalue weighted by Gasteiger charge is -1.97. The fourth-order valence-electron chi connectivity index (χ4n) is 0.595. The van der Waals surface area contributed by atoms with Crippen molar-refractivity contribution in [2.75, 3.05) is 6.61 Å². The molecule has 0 radical (unpaired) electrons. The Kier molecular flexibility index (Phi) is 2.79. The van der Waals surface area contributed by atoms with Gasteiger partial charge in [-0.2, -0.15) is 0 Å². The third-order valence-electron chi connectivity index (χ3n) is 1.08. The highest BCUT2D eigenvalue weighted by Crippen LogP contribution is 1.95. The summed E-state index contributed by atoms with van der Waals surface area (Å²) in [6, 6.07) is 0. The second-order valence-electron chi connectivity index (χ2n) is 1.91. The summed E-state index contributed by atoms with van der Waals surface area (Å²) >= 11 is 0. The Labute approximate surface area is 69.6 Å². The first-order valence-corrected chi connectivity index (χ1v) is 3.20. The molecule has 4 nitrogen and oxygen atoms in total. The van der Waals surface area contributed by atoms with Crippen LogP contribution >= 0.6 is 0 Å². The molecule has 0 aliphatic heterocycles. The van der Waals surface area contributed by atoms with Crippen LogP contribution in [-0.4, -0.2) is 22.5 Å². The highest BCUT2D eigenvalue weighted by atomic mass is 16.5. The minimum Gasteiger partial charge on any atom is -0.449 e. The Hall–Kier alpha value is -1.89. The van der Waals surface area contributed by atoms with E-state index in [4.69, 9.17) is 6.42 Å². The Bertz CT molecular complexity index is 303. The van der Waals surface area contributed by atoms with Crippen LogP contribution in [-0.2, 0) is 4.74 Å². The summed E-state index contributed by atoms with van der Waals surface area (Å²) in [5, 5.41) is 0. The van der Waals surface area contributed by atoms with Crippen molar-refractivity contribution in [2.45, 2.75) is 0 Å². The van der Waals surface area contributed by atoms with E-state index in [0.29, 0.717) is 5.56 Å². The van der Waals surface area contributed by atoms with Crippen LogP contribution in [0, 0.1) is 12.3 Å². The van der Waals surface area contributed by atoms with Crippen molar-refractivity contribution in [1.29, 1.82) is 0 Å². The van der Waals surface area contributed by atoms with E-state index in [-0.39, 0.29) is 6.61 Å². The van der Waals surface area contributed by atoms with E-state index in [2.05, 4.69) is 20.6 Å². The van der Waals surface area contributed by atoms with Gasteiger partial charge in [0.2, 0.25) is 0 Å². The molecular formula is C8H6N2O2. The molecule has 1 aromatic rings. The van der Waals surface area contributed by atoms with E-state index < -0.39 is 5.97 Å². The summed E-state index contributed by atoms with van der Waals surface area (Å²) in [6.07, 6.45) is 8.96. The minimum atomic E-state index is -0.506. The first kappa shape index (κ1) is 8.21. The summed E-state index contributed by atoms with van der Waals surface area (Å²) < 4.78 is 4.62. The first-order valence-electron chi connectivity index (χ1n) is 3.20. The van der Waals surface area contributed by atoms with Gasteiger partial charge in [-0.1, -0.05) is 5.92 Å². The van der Waals surface area contributed by atoms with Gasteiger partial charge in [-0.05, 0) is 0 Å². The summed E-state index contributed by atoms with van der Waals surface area (Å²) in [5.74, 6) is 1.68. The summed E-state index contributed by atoms with van der Waals surface area (Å²) in [6.45, 7) is -0.0340. The fraction of sp³-hybridized carbons (Fsp3) is 0.125. The molecule has 1 heterocycles. The van der Waals surface area contributed by atoms with Gasteiger partial charge >= 0.3 is 5.97 Å². The van der Waals surface area contributed by atoms with E-state index in [1.807, 2.05) is 0 Å². The van der Waals surface area contributed by atoms with E-state index in [1.165, 1.54) is 18.7 Å². The Morgan fingerprint density at radius 3 is 2.83 bits per heavy atom. The zero-order valence-electron chi connectivity index (χ0n) is 6.23. The van der Waals surface area contributed by atoms with E-state index in [0.717, 1.165) is 0 Å². The monoisotopic (exact) mass is 162 g/mol. The van der Waals surface area contributed by atoms with Crippen LogP contribution in [0.4, 0.5) is 0 Å². The average molecular weight is 162 g/mol. The quantitative estimate of drug-likeness (QED) is 0.462. The number of hydrogen-bond donors (Lipinski definition) is 0. The largest absolute Gasteiger partial charge is 0.449 e. The molecular weight excluding hydrogens is 156 g/mol. The third kappa shape index (κ3) is 2.06. The molecule has 1 aromatic heterocycles. The predicted octanol–water partition coefficient (Wildman–Crippen LogP) is 0.267. The molecule has 0 aliphatic carbocycles. The smallest absolute Gasteiger partial charge is 0.342 e. The normalized spacial score (nSPS) is 8.58. The van der Waals surface area contributed by atoms with Crippen LogP contribution in [0.3, 0.4) is 0 Å². The van der Waals surface area contributed by atoms with Crippen molar-refractivity contribution in [2.24, 2.45) is 0 Å². The molecule has 0 amide bonds. The molecule has 0 unspecified atom stereocenters. The first-order chi connectivity index (χ1) is 5.84. The lowest BCUT2D eigenvalue weighted by Crippen LogP contribution is -2.05. The number of ether oxygens (including phenoxy) is 1. The molecule has 0 bridgehead atoms. The van der Waals surface area contributed by atoms with Crippen molar-refractivity contribution < 1.29 is 9.53 Å². The lowest BCUT2D eigenvalue weighted by atomic mass is 10.3. The molecule has 0 saturated carbocycles. The van der Waals surface area contributed by atoms with Crippen molar-refractivity contribution in [1.82, 2.24) is 9.97 Å². The van der Waals surface area contributed by atoms with E-state index in [1.54, 1.807) is 0 Å². The van der Waals surface area contributed by atoms with Gasteiger partial charge in [-0.15, -0.1) is 6.42 Å². The molecule has 0 spiro atoms. The number of hydrogen-bond acceptors (Lipinski definition) is 4. The molecule has 1 rings (SSSR count). The summed E-state index contributed by atoms with van der Waals surface area (Å²) in [5.41, 5.74) is 0.299. The van der Waals surface area contributed by atoms with Crippen molar-refractivity contribution >= 4 is 5.97 Å². The second-order valence-corrected chi connectivity index (χ2v) is 1.91. The van der Waals surface area contributed by atoms with Gasteiger partial charge in [0.1, 0.15) is 6.33 Å². The number of carbonyl (C=O) groups is 1. The molecule has 0 saturated heterocycles. The maximum Gasteiger partial charge on any atom is 0.342 e. The SMILES string of the molecule is C#CCOC(=O)c1cncnc1. The molecule has 4 heteroatoms.